The molecule has 2 N–H and O–H groups in total. The van der Waals surface area contributed by atoms with Crippen LogP contribution in [0.15, 0.2) is 63.1 Å². The molecule has 3 aliphatic rings. The molecular formula is C27H21N3O5. The van der Waals surface area contributed by atoms with Crippen molar-refractivity contribution in [2.24, 2.45) is 5.73 Å². The fourth-order valence-corrected chi connectivity index (χ4v) is 5.80. The Morgan fingerprint density at radius 2 is 1.91 bits per heavy atom. The number of nitrogens with two attached hydrogens (primary N) is 1. The zero-order valence-corrected chi connectivity index (χ0v) is 19.6. The van der Waals surface area contributed by atoms with Crippen LogP contribution in [0.1, 0.15) is 37.5 Å². The summed E-state index contributed by atoms with van der Waals surface area (Å²) in [5.41, 5.74) is 5.77. The van der Waals surface area contributed by atoms with E-state index in [2.05, 4.69) is 6.07 Å². The molecule has 6 rings (SSSR count). The maximum Gasteiger partial charge on any atom is 0.345 e. The van der Waals surface area contributed by atoms with Crippen LogP contribution in [-0.2, 0) is 10.2 Å². The first-order valence-corrected chi connectivity index (χ1v) is 11.1. The molecule has 1 aromatic heterocycles. The van der Waals surface area contributed by atoms with E-state index in [9.17, 15) is 14.9 Å². The van der Waals surface area contributed by atoms with Crippen molar-refractivity contribution in [1.29, 1.82) is 5.26 Å². The number of methoxy groups -OCH3 is 1. The molecule has 174 valence electrons. The smallest absolute Gasteiger partial charge is 0.345 e. The van der Waals surface area contributed by atoms with Crippen LogP contribution in [-0.4, -0.2) is 18.6 Å². The van der Waals surface area contributed by atoms with E-state index in [0.717, 1.165) is 11.1 Å². The first kappa shape index (κ1) is 21.1. The van der Waals surface area contributed by atoms with Crippen LogP contribution in [0.5, 0.6) is 11.5 Å². The van der Waals surface area contributed by atoms with Crippen LogP contribution in [0.4, 0.5) is 5.69 Å². The highest BCUT2D eigenvalue weighted by Crippen LogP contribution is 2.60. The number of ether oxygens (including phenoxy) is 2. The average molecular weight is 467 g/mol. The molecule has 0 saturated heterocycles. The maximum atomic E-state index is 14.6. The molecule has 0 aliphatic carbocycles. The molecule has 0 saturated carbocycles. The molecule has 1 amide bonds. The van der Waals surface area contributed by atoms with Gasteiger partial charge in [0, 0.05) is 11.1 Å². The quantitative estimate of drug-likeness (QED) is 0.542. The van der Waals surface area contributed by atoms with Gasteiger partial charge in [-0.3, -0.25) is 4.79 Å². The Bertz CT molecular complexity index is 1670. The Kier molecular flexibility index (Phi) is 3.93. The van der Waals surface area contributed by atoms with Crippen LogP contribution in [0.3, 0.4) is 0 Å². The number of fused-ring (bicyclic) bond motifs is 5. The van der Waals surface area contributed by atoms with Crippen molar-refractivity contribution in [2.45, 2.75) is 31.7 Å². The highest BCUT2D eigenvalue weighted by atomic mass is 16.5. The first-order valence-electron chi connectivity index (χ1n) is 11.1. The molecule has 0 radical (unpaired) electrons. The number of benzene rings is 2. The number of allylic oxidation sites excluding steroid dienone is 1. The van der Waals surface area contributed by atoms with Crippen LogP contribution in [0.25, 0.3) is 16.5 Å². The minimum absolute atomic E-state index is 0.0646. The van der Waals surface area contributed by atoms with Crippen LogP contribution in [0.2, 0.25) is 0 Å². The number of amides is 1. The van der Waals surface area contributed by atoms with Crippen molar-refractivity contribution in [1.82, 2.24) is 0 Å². The lowest BCUT2D eigenvalue weighted by atomic mass is 9.68. The molecule has 1 atom stereocenters. The number of rotatable bonds is 1. The predicted octanol–water partition coefficient (Wildman–Crippen LogP) is 3.72. The second-order valence-corrected chi connectivity index (χ2v) is 9.49. The molecule has 2 aromatic carbocycles. The molecule has 8 heteroatoms. The number of carbonyl (C=O) groups is 1. The summed E-state index contributed by atoms with van der Waals surface area (Å²) in [6.45, 7) is 5.78. The molecule has 1 spiro atoms. The van der Waals surface area contributed by atoms with Gasteiger partial charge < -0.3 is 24.5 Å². The standard InChI is InChI=1S/C27H21N3O5/c1-13-11-26(2,3)30-21-16(13)9-14(33-4)10-17(21)27(25(30)32)18(12-28)23(29)35-22-15-7-5-6-8-19(15)34-24(31)20(22)27/h5-11H,29H2,1-4H3/t27-/m0/s1. The fraction of sp³-hybridized carbons (Fsp3) is 0.222. The third-order valence-electron chi connectivity index (χ3n) is 7.13. The van der Waals surface area contributed by atoms with E-state index in [0.29, 0.717) is 22.4 Å². The molecule has 35 heavy (non-hydrogen) atoms. The molecule has 4 heterocycles. The molecular weight excluding hydrogens is 446 g/mol. The van der Waals surface area contributed by atoms with E-state index >= 15 is 0 Å². The van der Waals surface area contributed by atoms with Crippen LogP contribution >= 0.6 is 0 Å². The average Bonchev–Trinajstić information content (AvgIpc) is 3.07. The predicted molar refractivity (Wildman–Crippen MR) is 129 cm³/mol. The van der Waals surface area contributed by atoms with Crippen LogP contribution in [0, 0.1) is 11.3 Å². The van der Waals surface area contributed by atoms with E-state index < -0.39 is 22.5 Å². The summed E-state index contributed by atoms with van der Waals surface area (Å²) < 4.78 is 17.1. The third kappa shape index (κ3) is 2.34. The molecule has 3 aliphatic heterocycles. The Labute approximate surface area is 200 Å². The first-order chi connectivity index (χ1) is 16.7. The number of anilines is 1. The largest absolute Gasteiger partial charge is 0.497 e. The summed E-state index contributed by atoms with van der Waals surface area (Å²) in [5, 5.41) is 10.8. The molecule has 0 fully saturated rings. The SMILES string of the molecule is COc1cc2c3c(c1)[C@]1(C(=O)N3C(C)(C)C=C2C)C(C#N)=C(N)Oc2c1c(=O)oc1ccccc21. The summed E-state index contributed by atoms with van der Waals surface area (Å²) >= 11 is 0. The molecule has 3 aromatic rings. The van der Waals surface area contributed by atoms with Gasteiger partial charge in [-0.15, -0.1) is 0 Å². The van der Waals surface area contributed by atoms with Gasteiger partial charge >= 0.3 is 5.63 Å². The number of hydrogen-bond acceptors (Lipinski definition) is 7. The Balaban J connectivity index is 1.87. The van der Waals surface area contributed by atoms with Crippen molar-refractivity contribution < 1.29 is 18.7 Å². The van der Waals surface area contributed by atoms with E-state index in [-0.39, 0.29) is 28.4 Å². The van der Waals surface area contributed by atoms with E-state index in [1.165, 1.54) is 7.11 Å². The van der Waals surface area contributed by atoms with E-state index in [1.807, 2.05) is 32.9 Å². The van der Waals surface area contributed by atoms with E-state index in [1.54, 1.807) is 35.2 Å². The Morgan fingerprint density at radius 3 is 2.63 bits per heavy atom. The van der Waals surface area contributed by atoms with Gasteiger partial charge in [-0.05, 0) is 50.6 Å². The summed E-state index contributed by atoms with van der Waals surface area (Å²) in [5.74, 6) is -0.111. The lowest BCUT2D eigenvalue weighted by Gasteiger charge is -2.40. The van der Waals surface area contributed by atoms with Gasteiger partial charge in [-0.25, -0.2) is 4.79 Å². The van der Waals surface area contributed by atoms with Gasteiger partial charge in [0.1, 0.15) is 28.5 Å². The van der Waals surface area contributed by atoms with Crippen molar-refractivity contribution in [3.8, 4) is 17.6 Å². The van der Waals surface area contributed by atoms with Crippen LogP contribution < -0.4 is 25.7 Å². The molecule has 0 bridgehead atoms. The molecule has 0 unspecified atom stereocenters. The number of nitriles is 1. The van der Waals surface area contributed by atoms with Crippen molar-refractivity contribution in [3.05, 3.63) is 81.0 Å². The topological polar surface area (TPSA) is 119 Å². The van der Waals surface area contributed by atoms with Gasteiger partial charge in [0.2, 0.25) is 11.8 Å². The summed E-state index contributed by atoms with van der Waals surface area (Å²) in [7, 11) is 1.52. The van der Waals surface area contributed by atoms with Gasteiger partial charge in [-0.2, -0.15) is 5.26 Å². The summed E-state index contributed by atoms with van der Waals surface area (Å²) in [6.07, 6.45) is 1.98. The Hall–Kier alpha value is -4.51. The Morgan fingerprint density at radius 1 is 1.17 bits per heavy atom. The second kappa shape index (κ2) is 6.54. The van der Waals surface area contributed by atoms with Crippen molar-refractivity contribution in [3.63, 3.8) is 0 Å². The fourth-order valence-electron chi connectivity index (χ4n) is 5.80. The van der Waals surface area contributed by atoms with Gasteiger partial charge in [-0.1, -0.05) is 18.2 Å². The lowest BCUT2D eigenvalue weighted by Crippen LogP contribution is -2.54. The van der Waals surface area contributed by atoms with Gasteiger partial charge in [0.05, 0.1) is 23.7 Å². The molecule has 8 nitrogen and oxygen atoms in total. The second-order valence-electron chi connectivity index (χ2n) is 9.49. The minimum Gasteiger partial charge on any atom is -0.497 e. The highest BCUT2D eigenvalue weighted by molar-refractivity contribution is 6.18. The number of carbonyl (C=O) groups excluding carboxylic acids is 1. The van der Waals surface area contributed by atoms with Crippen molar-refractivity contribution in [2.75, 3.05) is 12.0 Å². The van der Waals surface area contributed by atoms with Gasteiger partial charge in [0.25, 0.3) is 0 Å². The maximum absolute atomic E-state index is 14.6. The number of para-hydroxylation sites is 1. The highest BCUT2D eigenvalue weighted by Gasteiger charge is 2.64. The minimum atomic E-state index is -1.86. The number of nitrogens with zero attached hydrogens (tertiary/aromatic N) is 2. The van der Waals surface area contributed by atoms with Crippen molar-refractivity contribution >= 4 is 28.1 Å². The third-order valence-corrected chi connectivity index (χ3v) is 7.13. The summed E-state index contributed by atoms with van der Waals surface area (Å²) in [6, 6.07) is 12.5. The zero-order chi connectivity index (χ0) is 24.9. The normalized spacial score (nSPS) is 21.4. The zero-order valence-electron chi connectivity index (χ0n) is 19.6. The summed E-state index contributed by atoms with van der Waals surface area (Å²) in [4.78, 5) is 29.9. The van der Waals surface area contributed by atoms with E-state index in [4.69, 9.17) is 19.6 Å². The number of hydrogen-bond donors (Lipinski definition) is 1. The lowest BCUT2D eigenvalue weighted by molar-refractivity contribution is -0.121. The monoisotopic (exact) mass is 467 g/mol. The van der Waals surface area contributed by atoms with Gasteiger partial charge in [0.15, 0.2) is 11.2 Å².